The summed E-state index contributed by atoms with van der Waals surface area (Å²) >= 11 is 11.8. The summed E-state index contributed by atoms with van der Waals surface area (Å²) in [7, 11) is 3.25. The highest BCUT2D eigenvalue weighted by molar-refractivity contribution is 7.80. The largest absolute Gasteiger partial charge is 0.493 e. The lowest BCUT2D eigenvalue weighted by atomic mass is 10.1. The minimum Gasteiger partial charge on any atom is -0.493 e. The van der Waals surface area contributed by atoms with Gasteiger partial charge in [0, 0.05) is 7.05 Å². The van der Waals surface area contributed by atoms with Crippen LogP contribution in [-0.4, -0.2) is 36.7 Å². The number of rotatable bonds is 5. The first-order valence-corrected chi connectivity index (χ1v) is 9.09. The number of anilines is 1. The van der Waals surface area contributed by atoms with Crippen LogP contribution in [0.3, 0.4) is 0 Å². The summed E-state index contributed by atoms with van der Waals surface area (Å²) in [6.45, 7) is 0.0675. The third-order valence-corrected chi connectivity index (χ3v) is 4.87. The Kier molecular flexibility index (Phi) is 5.88. The molecule has 0 unspecified atom stereocenters. The number of thiocarbonyl (C=S) groups is 1. The summed E-state index contributed by atoms with van der Waals surface area (Å²) in [4.78, 5) is 16.1. The van der Waals surface area contributed by atoms with Crippen LogP contribution in [0, 0.1) is 12.3 Å². The van der Waals surface area contributed by atoms with Crippen LogP contribution in [0.15, 0.2) is 48.2 Å². The van der Waals surface area contributed by atoms with Gasteiger partial charge in [-0.05, 0) is 48.1 Å². The van der Waals surface area contributed by atoms with E-state index >= 15 is 0 Å². The van der Waals surface area contributed by atoms with Crippen LogP contribution in [0.1, 0.15) is 5.56 Å². The standard InChI is InChI=1S/C21H17ClN2O3S/c1-4-10-27-19-16(22)11-14(13-18(19)26-3)12-17-20(25)24(21(28)23(17)2)15-8-6-5-7-9-15/h1,5-9,11-13H,10H2,2-3H3/b17-12+. The van der Waals surface area contributed by atoms with E-state index in [1.807, 2.05) is 30.3 Å². The summed E-state index contributed by atoms with van der Waals surface area (Å²) in [6, 6.07) is 12.7. The fourth-order valence-electron chi connectivity index (χ4n) is 2.80. The zero-order chi connectivity index (χ0) is 20.3. The van der Waals surface area contributed by atoms with Crippen LogP contribution in [-0.2, 0) is 4.79 Å². The fourth-order valence-corrected chi connectivity index (χ4v) is 3.36. The topological polar surface area (TPSA) is 42.0 Å². The van der Waals surface area contributed by atoms with Gasteiger partial charge in [-0.1, -0.05) is 35.7 Å². The average Bonchev–Trinajstić information content (AvgIpc) is 2.90. The molecule has 2 aromatic rings. The monoisotopic (exact) mass is 412 g/mol. The third kappa shape index (κ3) is 3.68. The molecule has 5 nitrogen and oxygen atoms in total. The number of carbonyl (C=O) groups excluding carboxylic acids is 1. The lowest BCUT2D eigenvalue weighted by molar-refractivity contribution is -0.114. The Hall–Kier alpha value is -3.01. The predicted octanol–water partition coefficient (Wildman–Crippen LogP) is 3.97. The Balaban J connectivity index is 1.99. The maximum absolute atomic E-state index is 13.0. The van der Waals surface area contributed by atoms with Gasteiger partial charge in [-0.25, -0.2) is 0 Å². The second-order valence-corrected chi connectivity index (χ2v) is 6.65. The average molecular weight is 413 g/mol. The molecule has 0 N–H and O–H groups in total. The number of benzene rings is 2. The minimum atomic E-state index is -0.221. The van der Waals surface area contributed by atoms with Crippen LogP contribution >= 0.6 is 23.8 Å². The van der Waals surface area contributed by atoms with Gasteiger partial charge in [0.05, 0.1) is 17.8 Å². The molecule has 7 heteroatoms. The summed E-state index contributed by atoms with van der Waals surface area (Å²) in [5.41, 5.74) is 1.80. The van der Waals surface area contributed by atoms with E-state index < -0.39 is 0 Å². The molecule has 2 aromatic carbocycles. The smallest absolute Gasteiger partial charge is 0.281 e. The maximum atomic E-state index is 13.0. The molecule has 142 valence electrons. The number of nitrogens with zero attached hydrogens (tertiary/aromatic N) is 2. The van der Waals surface area contributed by atoms with Gasteiger partial charge in [0.15, 0.2) is 16.6 Å². The lowest BCUT2D eigenvalue weighted by Crippen LogP contribution is -2.30. The Bertz CT molecular complexity index is 999. The van der Waals surface area contributed by atoms with Gasteiger partial charge in [-0.3, -0.25) is 9.69 Å². The minimum absolute atomic E-state index is 0.0675. The molecular weight excluding hydrogens is 396 g/mol. The molecule has 0 aliphatic carbocycles. The zero-order valence-electron chi connectivity index (χ0n) is 15.3. The molecule has 0 bridgehead atoms. The van der Waals surface area contributed by atoms with Gasteiger partial charge in [0.2, 0.25) is 0 Å². The Morgan fingerprint density at radius 1 is 1.29 bits per heavy atom. The molecule has 0 spiro atoms. The number of amides is 1. The van der Waals surface area contributed by atoms with Gasteiger partial charge in [0.1, 0.15) is 12.3 Å². The van der Waals surface area contributed by atoms with E-state index in [0.29, 0.717) is 38.6 Å². The van der Waals surface area contributed by atoms with Gasteiger partial charge >= 0.3 is 0 Å². The number of methoxy groups -OCH3 is 1. The first-order valence-electron chi connectivity index (χ1n) is 8.30. The molecule has 1 aliphatic rings. The van der Waals surface area contributed by atoms with Crippen LogP contribution < -0.4 is 14.4 Å². The summed E-state index contributed by atoms with van der Waals surface area (Å²) in [5.74, 6) is 2.94. The molecule has 1 saturated heterocycles. The first-order chi connectivity index (χ1) is 13.5. The quantitative estimate of drug-likeness (QED) is 0.422. The van der Waals surface area contributed by atoms with Crippen molar-refractivity contribution >= 4 is 46.6 Å². The van der Waals surface area contributed by atoms with E-state index in [4.69, 9.17) is 39.7 Å². The number of carbonyl (C=O) groups is 1. The molecule has 1 aliphatic heterocycles. The molecule has 0 saturated carbocycles. The number of para-hydroxylation sites is 1. The normalized spacial score (nSPS) is 15.1. The number of hydrogen-bond acceptors (Lipinski definition) is 4. The molecule has 0 radical (unpaired) electrons. The Morgan fingerprint density at radius 3 is 2.64 bits per heavy atom. The summed E-state index contributed by atoms with van der Waals surface area (Å²) in [5, 5.41) is 0.728. The van der Waals surface area contributed by atoms with E-state index in [-0.39, 0.29) is 12.5 Å². The van der Waals surface area contributed by atoms with Crippen molar-refractivity contribution in [2.45, 2.75) is 0 Å². The fraction of sp³-hybridized carbons (Fsp3) is 0.143. The van der Waals surface area contributed by atoms with Crippen molar-refractivity contribution in [3.63, 3.8) is 0 Å². The Morgan fingerprint density at radius 2 is 2.00 bits per heavy atom. The predicted molar refractivity (Wildman–Crippen MR) is 115 cm³/mol. The number of halogens is 1. The van der Waals surface area contributed by atoms with E-state index in [0.717, 1.165) is 0 Å². The number of hydrogen-bond donors (Lipinski definition) is 0. The number of likely N-dealkylation sites (N-methyl/N-ethyl adjacent to an activating group) is 1. The van der Waals surface area contributed by atoms with Crippen molar-refractivity contribution in [3.8, 4) is 23.8 Å². The summed E-state index contributed by atoms with van der Waals surface area (Å²) in [6.07, 6.45) is 6.94. The Labute approximate surface area is 174 Å². The van der Waals surface area contributed by atoms with E-state index in [1.165, 1.54) is 12.0 Å². The maximum Gasteiger partial charge on any atom is 0.281 e. The molecule has 0 aromatic heterocycles. The molecule has 1 fully saturated rings. The first kappa shape index (κ1) is 19.7. The second kappa shape index (κ2) is 8.34. The number of terminal acetylenes is 1. The molecule has 1 heterocycles. The van der Waals surface area contributed by atoms with Gasteiger partial charge in [-0.2, -0.15) is 0 Å². The van der Waals surface area contributed by atoms with Crippen LogP contribution in [0.5, 0.6) is 11.5 Å². The van der Waals surface area contributed by atoms with E-state index in [1.54, 1.807) is 30.2 Å². The van der Waals surface area contributed by atoms with Crippen molar-refractivity contribution in [1.82, 2.24) is 4.90 Å². The highest BCUT2D eigenvalue weighted by Crippen LogP contribution is 2.37. The van der Waals surface area contributed by atoms with E-state index in [9.17, 15) is 4.79 Å². The van der Waals surface area contributed by atoms with Crippen molar-refractivity contribution in [2.24, 2.45) is 0 Å². The van der Waals surface area contributed by atoms with E-state index in [2.05, 4.69) is 5.92 Å². The summed E-state index contributed by atoms with van der Waals surface area (Å²) < 4.78 is 10.8. The zero-order valence-corrected chi connectivity index (χ0v) is 16.9. The lowest BCUT2D eigenvalue weighted by Gasteiger charge is -2.16. The van der Waals surface area contributed by atoms with Crippen LogP contribution in [0.25, 0.3) is 6.08 Å². The highest BCUT2D eigenvalue weighted by Gasteiger charge is 2.36. The van der Waals surface area contributed by atoms with Gasteiger partial charge < -0.3 is 14.4 Å². The van der Waals surface area contributed by atoms with Crippen molar-refractivity contribution in [1.29, 1.82) is 0 Å². The van der Waals surface area contributed by atoms with Gasteiger partial charge in [-0.15, -0.1) is 6.42 Å². The molecule has 0 atom stereocenters. The van der Waals surface area contributed by atoms with Crippen molar-refractivity contribution in [3.05, 3.63) is 58.7 Å². The third-order valence-electron chi connectivity index (χ3n) is 4.13. The molecule has 1 amide bonds. The number of ether oxygens (including phenoxy) is 2. The highest BCUT2D eigenvalue weighted by atomic mass is 35.5. The SMILES string of the molecule is C#CCOc1c(Cl)cc(/C=C2\C(=O)N(c3ccccc3)C(=S)N2C)cc1OC. The van der Waals surface area contributed by atoms with Crippen molar-refractivity contribution in [2.75, 3.05) is 25.7 Å². The molecule has 3 rings (SSSR count). The van der Waals surface area contributed by atoms with Crippen LogP contribution in [0.2, 0.25) is 5.02 Å². The van der Waals surface area contributed by atoms with Crippen molar-refractivity contribution < 1.29 is 14.3 Å². The molecular formula is C21H17ClN2O3S. The van der Waals surface area contributed by atoms with Crippen LogP contribution in [0.4, 0.5) is 5.69 Å². The van der Waals surface area contributed by atoms with Gasteiger partial charge in [0.25, 0.3) is 5.91 Å². The molecule has 28 heavy (non-hydrogen) atoms. The second-order valence-electron chi connectivity index (χ2n) is 5.87.